The Morgan fingerprint density at radius 2 is 2.00 bits per heavy atom. The average molecular weight is 328 g/mol. The lowest BCUT2D eigenvalue weighted by Crippen LogP contribution is -2.36. The number of nitrogens with two attached hydrogens (primary N) is 1. The van der Waals surface area contributed by atoms with Crippen molar-refractivity contribution in [2.45, 2.75) is 37.2 Å². The average Bonchev–Trinajstić information content (AvgIpc) is 2.36. The fourth-order valence-electron chi connectivity index (χ4n) is 1.86. The monoisotopic (exact) mass is 328 g/mol. The fourth-order valence-corrected chi connectivity index (χ4v) is 2.53. The van der Waals surface area contributed by atoms with E-state index in [1.807, 2.05) is 0 Å². The van der Waals surface area contributed by atoms with Gasteiger partial charge in [0.15, 0.2) is 9.84 Å². The highest BCUT2D eigenvalue weighted by atomic mass is 32.2. The smallest absolute Gasteiger partial charge is 0.407 e. The van der Waals surface area contributed by atoms with Crippen molar-refractivity contribution < 1.29 is 17.9 Å². The molecule has 0 aliphatic rings. The molecule has 22 heavy (non-hydrogen) atoms. The molecule has 1 aromatic carbocycles. The highest BCUT2D eigenvalue weighted by molar-refractivity contribution is 7.90. The van der Waals surface area contributed by atoms with Crippen molar-refractivity contribution in [1.29, 1.82) is 0 Å². The number of amides is 1. The molecule has 1 amide bonds. The third-order valence-electron chi connectivity index (χ3n) is 2.93. The molecule has 0 aliphatic carbocycles. The van der Waals surface area contributed by atoms with Gasteiger partial charge in [0, 0.05) is 25.3 Å². The van der Waals surface area contributed by atoms with Gasteiger partial charge < -0.3 is 15.8 Å². The van der Waals surface area contributed by atoms with E-state index in [2.05, 4.69) is 5.32 Å². The van der Waals surface area contributed by atoms with Crippen molar-refractivity contribution >= 4 is 15.9 Å². The molecule has 0 fully saturated rings. The minimum atomic E-state index is -3.28. The van der Waals surface area contributed by atoms with E-state index in [4.69, 9.17) is 10.5 Å². The van der Waals surface area contributed by atoms with Gasteiger partial charge >= 0.3 is 6.09 Å². The number of rotatable bonds is 5. The Morgan fingerprint density at radius 1 is 1.36 bits per heavy atom. The predicted molar refractivity (Wildman–Crippen MR) is 85.6 cm³/mol. The molecule has 1 rings (SSSR count). The number of hydrogen-bond acceptors (Lipinski definition) is 5. The summed E-state index contributed by atoms with van der Waals surface area (Å²) in [6, 6.07) is 6.59. The van der Waals surface area contributed by atoms with Gasteiger partial charge in [-0.15, -0.1) is 0 Å². The number of hydrogen-bond donors (Lipinski definition) is 2. The summed E-state index contributed by atoms with van der Waals surface area (Å²) in [4.78, 5) is 11.9. The molecule has 0 saturated carbocycles. The van der Waals surface area contributed by atoms with Gasteiger partial charge in [0.05, 0.1) is 4.90 Å². The summed E-state index contributed by atoms with van der Waals surface area (Å²) in [6.45, 7) is 5.90. The largest absolute Gasteiger partial charge is 0.444 e. The van der Waals surface area contributed by atoms with Crippen molar-refractivity contribution in [2.75, 3.05) is 19.3 Å². The van der Waals surface area contributed by atoms with Crippen molar-refractivity contribution in [3.8, 4) is 0 Å². The van der Waals surface area contributed by atoms with Crippen LogP contribution in [0.5, 0.6) is 0 Å². The lowest BCUT2D eigenvalue weighted by atomic mass is 9.99. The lowest BCUT2D eigenvalue weighted by molar-refractivity contribution is 0.0525. The maximum Gasteiger partial charge on any atom is 0.407 e. The Labute approximate surface area is 132 Å². The summed E-state index contributed by atoms with van der Waals surface area (Å²) in [5, 5.41) is 2.66. The van der Waals surface area contributed by atoms with Gasteiger partial charge in [-0.05, 0) is 38.5 Å². The van der Waals surface area contributed by atoms with Crippen LogP contribution in [0.15, 0.2) is 29.2 Å². The van der Waals surface area contributed by atoms with Crippen LogP contribution in [0.4, 0.5) is 4.79 Å². The van der Waals surface area contributed by atoms with Gasteiger partial charge in [0.1, 0.15) is 5.60 Å². The summed E-state index contributed by atoms with van der Waals surface area (Å²) in [5.41, 5.74) is 5.93. The summed E-state index contributed by atoms with van der Waals surface area (Å²) in [7, 11) is -3.28. The van der Waals surface area contributed by atoms with Crippen LogP contribution in [0.2, 0.25) is 0 Å². The number of sulfone groups is 1. The third kappa shape index (κ3) is 6.03. The van der Waals surface area contributed by atoms with Crippen LogP contribution in [0.3, 0.4) is 0 Å². The molecular weight excluding hydrogens is 304 g/mol. The van der Waals surface area contributed by atoms with Crippen LogP contribution in [0.25, 0.3) is 0 Å². The fraction of sp³-hybridized carbons (Fsp3) is 0.533. The van der Waals surface area contributed by atoms with Gasteiger partial charge in [-0.3, -0.25) is 0 Å². The first kappa shape index (κ1) is 18.4. The molecular formula is C15H24N2O4S. The molecule has 0 bridgehead atoms. The molecule has 124 valence electrons. The van der Waals surface area contributed by atoms with E-state index in [0.29, 0.717) is 0 Å². The zero-order chi connectivity index (χ0) is 17.0. The quantitative estimate of drug-likeness (QED) is 0.856. The molecule has 0 aromatic heterocycles. The summed E-state index contributed by atoms with van der Waals surface area (Å²) in [6.07, 6.45) is 0.632. The summed E-state index contributed by atoms with van der Waals surface area (Å²) >= 11 is 0. The molecule has 3 N–H and O–H groups in total. The van der Waals surface area contributed by atoms with Gasteiger partial charge in [-0.2, -0.15) is 0 Å². The van der Waals surface area contributed by atoms with Gasteiger partial charge in [0.25, 0.3) is 0 Å². The standard InChI is InChI=1S/C15H24N2O4S/c1-15(2,3)21-14(18)17-10-12(9-16)11-6-5-7-13(8-11)22(4,19)20/h5-8,12H,9-10,16H2,1-4H3,(H,17,18). The molecule has 0 aliphatic heterocycles. The number of carbonyl (C=O) groups excluding carboxylic acids is 1. The molecule has 6 nitrogen and oxygen atoms in total. The first-order valence-corrected chi connectivity index (χ1v) is 8.89. The second-order valence-electron chi connectivity index (χ2n) is 6.16. The van der Waals surface area contributed by atoms with Gasteiger partial charge in [-0.1, -0.05) is 12.1 Å². The van der Waals surface area contributed by atoms with E-state index in [-0.39, 0.29) is 23.9 Å². The number of ether oxygens (including phenoxy) is 1. The maximum absolute atomic E-state index is 11.7. The highest BCUT2D eigenvalue weighted by Crippen LogP contribution is 2.18. The van der Waals surface area contributed by atoms with E-state index in [1.54, 1.807) is 39.0 Å². The molecule has 0 spiro atoms. The second kappa shape index (κ2) is 7.11. The Hall–Kier alpha value is -1.60. The van der Waals surface area contributed by atoms with E-state index in [1.165, 1.54) is 6.07 Å². The number of alkyl carbamates (subject to hydrolysis) is 1. The lowest BCUT2D eigenvalue weighted by Gasteiger charge is -2.21. The van der Waals surface area contributed by atoms with Crippen LogP contribution in [-0.2, 0) is 14.6 Å². The van der Waals surface area contributed by atoms with Crippen LogP contribution < -0.4 is 11.1 Å². The zero-order valence-electron chi connectivity index (χ0n) is 13.4. The van der Waals surface area contributed by atoms with Crippen LogP contribution in [-0.4, -0.2) is 39.5 Å². The zero-order valence-corrected chi connectivity index (χ0v) is 14.2. The van der Waals surface area contributed by atoms with E-state index in [0.717, 1.165) is 11.8 Å². The Morgan fingerprint density at radius 3 is 2.50 bits per heavy atom. The molecule has 1 unspecified atom stereocenters. The van der Waals surface area contributed by atoms with E-state index in [9.17, 15) is 13.2 Å². The van der Waals surface area contributed by atoms with Crippen molar-refractivity contribution in [1.82, 2.24) is 5.32 Å². The maximum atomic E-state index is 11.7. The van der Waals surface area contributed by atoms with Crippen LogP contribution in [0, 0.1) is 0 Å². The van der Waals surface area contributed by atoms with E-state index < -0.39 is 21.5 Å². The Kier molecular flexibility index (Phi) is 5.96. The highest BCUT2D eigenvalue weighted by Gasteiger charge is 2.18. The summed E-state index contributed by atoms with van der Waals surface area (Å²) in [5.74, 6) is -0.186. The number of benzene rings is 1. The molecule has 0 heterocycles. The SMILES string of the molecule is CC(C)(C)OC(=O)NCC(CN)c1cccc(S(C)(=O)=O)c1. The molecule has 1 aromatic rings. The third-order valence-corrected chi connectivity index (χ3v) is 4.04. The first-order chi connectivity index (χ1) is 10.0. The normalized spacial score (nSPS) is 13.5. The molecule has 7 heteroatoms. The van der Waals surface area contributed by atoms with Gasteiger partial charge in [-0.25, -0.2) is 13.2 Å². The summed E-state index contributed by atoms with van der Waals surface area (Å²) < 4.78 is 28.4. The first-order valence-electron chi connectivity index (χ1n) is 7.00. The van der Waals surface area contributed by atoms with E-state index >= 15 is 0 Å². The molecule has 0 saturated heterocycles. The minimum absolute atomic E-state index is 0.186. The second-order valence-corrected chi connectivity index (χ2v) is 8.18. The Bertz CT molecular complexity index is 621. The minimum Gasteiger partial charge on any atom is -0.444 e. The molecule has 0 radical (unpaired) electrons. The van der Waals surface area contributed by atoms with Crippen molar-refractivity contribution in [3.63, 3.8) is 0 Å². The Balaban J connectivity index is 2.79. The van der Waals surface area contributed by atoms with Crippen LogP contribution in [0.1, 0.15) is 32.3 Å². The van der Waals surface area contributed by atoms with Crippen molar-refractivity contribution in [2.24, 2.45) is 5.73 Å². The topological polar surface area (TPSA) is 98.5 Å². The van der Waals surface area contributed by atoms with Crippen molar-refractivity contribution in [3.05, 3.63) is 29.8 Å². The molecule has 1 atom stereocenters. The number of carbonyl (C=O) groups is 1. The van der Waals surface area contributed by atoms with Crippen LogP contribution >= 0.6 is 0 Å². The predicted octanol–water partition coefficient (Wildman–Crippen LogP) is 1.66. The number of nitrogens with one attached hydrogen (secondary N) is 1. The van der Waals surface area contributed by atoms with Gasteiger partial charge in [0.2, 0.25) is 0 Å².